The topological polar surface area (TPSA) is 71.0 Å². The van der Waals surface area contributed by atoms with Crippen LogP contribution in [0.4, 0.5) is 0 Å². The molecule has 1 heterocycles. The van der Waals surface area contributed by atoms with Crippen LogP contribution < -0.4 is 14.8 Å². The van der Waals surface area contributed by atoms with Crippen molar-refractivity contribution in [3.05, 3.63) is 59.2 Å². The number of carbonyl (C=O) groups excluding carboxylic acids is 1. The number of aromatic hydroxyl groups is 1. The van der Waals surface area contributed by atoms with E-state index in [0.29, 0.717) is 30.4 Å². The molecule has 0 aliphatic carbocycles. The molecule has 1 atom stereocenters. The molecule has 2 aromatic rings. The quantitative estimate of drug-likeness (QED) is 0.634. The first kappa shape index (κ1) is 22.7. The fourth-order valence-corrected chi connectivity index (χ4v) is 4.00. The second kappa shape index (κ2) is 10.9. The summed E-state index contributed by atoms with van der Waals surface area (Å²) in [5, 5.41) is 13.8. The van der Waals surface area contributed by atoms with E-state index in [-0.39, 0.29) is 17.4 Å². The Kier molecular flexibility index (Phi) is 7.95. The number of nitrogens with one attached hydrogen (secondary N) is 1. The molecule has 0 spiro atoms. The normalized spacial score (nSPS) is 16.2. The van der Waals surface area contributed by atoms with Crippen molar-refractivity contribution in [2.24, 2.45) is 0 Å². The Bertz CT molecular complexity index is 905. The number of amides is 1. The fourth-order valence-electron chi connectivity index (χ4n) is 4.00. The van der Waals surface area contributed by atoms with Gasteiger partial charge in [0.25, 0.3) is 5.91 Å². The van der Waals surface area contributed by atoms with E-state index in [2.05, 4.69) is 11.4 Å². The molecule has 0 saturated carbocycles. The van der Waals surface area contributed by atoms with Gasteiger partial charge in [-0.2, -0.15) is 0 Å². The Hall–Kier alpha value is -2.99. The highest BCUT2D eigenvalue weighted by Gasteiger charge is 2.23. The van der Waals surface area contributed by atoms with Crippen molar-refractivity contribution in [1.29, 1.82) is 0 Å². The zero-order valence-corrected chi connectivity index (χ0v) is 18.6. The van der Waals surface area contributed by atoms with Gasteiger partial charge in [0.05, 0.1) is 14.2 Å². The van der Waals surface area contributed by atoms with Crippen molar-refractivity contribution in [3.8, 4) is 17.2 Å². The van der Waals surface area contributed by atoms with E-state index in [9.17, 15) is 9.90 Å². The Balaban J connectivity index is 1.83. The monoisotopic (exact) mass is 424 g/mol. The molecule has 2 N–H and O–H groups in total. The van der Waals surface area contributed by atoms with Gasteiger partial charge in [0.2, 0.25) is 5.75 Å². The van der Waals surface area contributed by atoms with Crippen molar-refractivity contribution >= 4 is 12.0 Å². The number of carbonyl (C=O) groups is 1. The van der Waals surface area contributed by atoms with E-state index >= 15 is 0 Å². The summed E-state index contributed by atoms with van der Waals surface area (Å²) in [4.78, 5) is 15.3. The van der Waals surface area contributed by atoms with E-state index in [4.69, 9.17) is 9.47 Å². The van der Waals surface area contributed by atoms with Crippen molar-refractivity contribution in [2.75, 3.05) is 33.9 Å². The van der Waals surface area contributed by atoms with Crippen LogP contribution in [0.2, 0.25) is 0 Å². The van der Waals surface area contributed by atoms with Gasteiger partial charge in [-0.3, -0.25) is 4.79 Å². The number of hydrogen-bond acceptors (Lipinski definition) is 5. The van der Waals surface area contributed by atoms with Crippen LogP contribution in [0.3, 0.4) is 0 Å². The minimum Gasteiger partial charge on any atom is -0.504 e. The first-order valence-corrected chi connectivity index (χ1v) is 10.7. The molecule has 166 valence electrons. The van der Waals surface area contributed by atoms with Crippen LogP contribution in [0.1, 0.15) is 42.1 Å². The van der Waals surface area contributed by atoms with E-state index in [1.165, 1.54) is 26.7 Å². The van der Waals surface area contributed by atoms with Gasteiger partial charge in [-0.05, 0) is 50.4 Å². The van der Waals surface area contributed by atoms with Crippen LogP contribution in [-0.2, 0) is 0 Å². The van der Waals surface area contributed by atoms with Gasteiger partial charge < -0.3 is 24.8 Å². The van der Waals surface area contributed by atoms with Crippen molar-refractivity contribution in [3.63, 3.8) is 0 Å². The summed E-state index contributed by atoms with van der Waals surface area (Å²) in [6.45, 7) is 4.21. The van der Waals surface area contributed by atoms with Gasteiger partial charge in [-0.25, -0.2) is 0 Å². The van der Waals surface area contributed by atoms with Crippen LogP contribution in [0.25, 0.3) is 6.08 Å². The smallest absolute Gasteiger partial charge is 0.254 e. The number of phenols is 1. The highest BCUT2D eigenvalue weighted by atomic mass is 16.5. The molecule has 1 aliphatic heterocycles. The van der Waals surface area contributed by atoms with E-state index in [0.717, 1.165) is 30.5 Å². The molecule has 3 rings (SSSR count). The number of methoxy groups -OCH3 is 2. The van der Waals surface area contributed by atoms with Crippen LogP contribution in [-0.4, -0.2) is 55.8 Å². The molecule has 1 fully saturated rings. The second-order valence-electron chi connectivity index (χ2n) is 7.94. The second-order valence-corrected chi connectivity index (χ2v) is 7.94. The molecule has 0 unspecified atom stereocenters. The molecule has 0 bridgehead atoms. The van der Waals surface area contributed by atoms with Crippen molar-refractivity contribution in [2.45, 2.75) is 32.2 Å². The minimum atomic E-state index is -0.143. The summed E-state index contributed by atoms with van der Waals surface area (Å²) in [5.74, 6) is 0.301. The summed E-state index contributed by atoms with van der Waals surface area (Å²) < 4.78 is 10.5. The van der Waals surface area contributed by atoms with Gasteiger partial charge in [0.15, 0.2) is 11.5 Å². The lowest BCUT2D eigenvalue weighted by Crippen LogP contribution is -2.36. The van der Waals surface area contributed by atoms with Crippen molar-refractivity contribution in [1.82, 2.24) is 10.2 Å². The fraction of sp³-hybridized carbons (Fsp3) is 0.400. The maximum absolute atomic E-state index is 13.4. The summed E-state index contributed by atoms with van der Waals surface area (Å²) in [6, 6.07) is 13.6. The van der Waals surface area contributed by atoms with Gasteiger partial charge in [0.1, 0.15) is 0 Å². The van der Waals surface area contributed by atoms with Crippen molar-refractivity contribution < 1.29 is 19.4 Å². The summed E-state index contributed by atoms with van der Waals surface area (Å²) >= 11 is 0. The summed E-state index contributed by atoms with van der Waals surface area (Å²) in [7, 11) is 2.94. The number of nitrogens with zero attached hydrogens (tertiary/aromatic N) is 1. The van der Waals surface area contributed by atoms with Crippen LogP contribution in [0.15, 0.2) is 48.0 Å². The third-order valence-electron chi connectivity index (χ3n) is 5.56. The van der Waals surface area contributed by atoms with Crippen LogP contribution in [0.5, 0.6) is 17.2 Å². The maximum atomic E-state index is 13.4. The number of hydrogen-bond donors (Lipinski definition) is 2. The number of rotatable bonds is 9. The Labute approximate surface area is 184 Å². The first-order valence-electron chi connectivity index (χ1n) is 10.7. The zero-order chi connectivity index (χ0) is 22.2. The molecule has 0 aromatic heterocycles. The largest absolute Gasteiger partial charge is 0.504 e. The lowest BCUT2D eigenvalue weighted by atomic mass is 10.1. The number of phenolic OH excluding ortho intramolecular Hbond substituents is 1. The highest BCUT2D eigenvalue weighted by molar-refractivity contribution is 5.96. The predicted octanol–water partition coefficient (Wildman–Crippen LogP) is 4.10. The third-order valence-corrected chi connectivity index (χ3v) is 5.56. The van der Waals surface area contributed by atoms with Crippen LogP contribution in [0, 0.1) is 0 Å². The average Bonchev–Trinajstić information content (AvgIpc) is 3.29. The van der Waals surface area contributed by atoms with Gasteiger partial charge in [0, 0.05) is 24.7 Å². The molecule has 1 amide bonds. The maximum Gasteiger partial charge on any atom is 0.254 e. The molecular weight excluding hydrogens is 392 g/mol. The first-order chi connectivity index (χ1) is 15.0. The number of benzene rings is 2. The standard InChI is InChI=1S/C25H32N2O4/c1-18(14-19-8-5-4-6-9-19)17-27(13-11-21-10-7-12-26-21)25(29)20-15-22(28)24(31-3)23(16-20)30-2/h4-6,8-9,14-16,21,26,28H,7,10-13,17H2,1-3H3/b18-14+/t21-/m1/s1. The SMILES string of the molecule is COc1cc(C(=O)N(CC[C@H]2CCCN2)C/C(C)=C/c2ccccc2)cc(O)c1OC. The Morgan fingerprint density at radius 2 is 2.00 bits per heavy atom. The lowest BCUT2D eigenvalue weighted by Gasteiger charge is -2.25. The van der Waals surface area contributed by atoms with Gasteiger partial charge in [-0.1, -0.05) is 42.0 Å². The van der Waals surface area contributed by atoms with E-state index in [1.54, 1.807) is 6.07 Å². The van der Waals surface area contributed by atoms with Crippen LogP contribution >= 0.6 is 0 Å². The van der Waals surface area contributed by atoms with E-state index in [1.807, 2.05) is 42.2 Å². The van der Waals surface area contributed by atoms with Gasteiger partial charge in [-0.15, -0.1) is 0 Å². The molecule has 31 heavy (non-hydrogen) atoms. The molecule has 1 saturated heterocycles. The number of ether oxygens (including phenoxy) is 2. The predicted molar refractivity (Wildman–Crippen MR) is 123 cm³/mol. The zero-order valence-electron chi connectivity index (χ0n) is 18.6. The average molecular weight is 425 g/mol. The Morgan fingerprint density at radius 1 is 1.23 bits per heavy atom. The summed E-state index contributed by atoms with van der Waals surface area (Å²) in [6.07, 6.45) is 5.30. The lowest BCUT2D eigenvalue weighted by molar-refractivity contribution is 0.0764. The molecular formula is C25H32N2O4. The van der Waals surface area contributed by atoms with E-state index < -0.39 is 0 Å². The molecule has 6 heteroatoms. The van der Waals surface area contributed by atoms with Gasteiger partial charge >= 0.3 is 0 Å². The molecule has 2 aromatic carbocycles. The summed E-state index contributed by atoms with van der Waals surface area (Å²) in [5.41, 5.74) is 2.57. The Morgan fingerprint density at radius 3 is 2.65 bits per heavy atom. The minimum absolute atomic E-state index is 0.112. The highest BCUT2D eigenvalue weighted by Crippen LogP contribution is 2.37. The molecule has 6 nitrogen and oxygen atoms in total. The molecule has 1 aliphatic rings. The molecule has 0 radical (unpaired) electrons. The third kappa shape index (κ3) is 6.01.